The summed E-state index contributed by atoms with van der Waals surface area (Å²) in [6.45, 7) is 3.00. The van der Waals surface area contributed by atoms with Crippen molar-refractivity contribution in [3.63, 3.8) is 0 Å². The van der Waals surface area contributed by atoms with Crippen LogP contribution < -0.4 is 5.32 Å². The fraction of sp³-hybridized carbons (Fsp3) is 0.350. The van der Waals surface area contributed by atoms with E-state index < -0.39 is 0 Å². The Labute approximate surface area is 162 Å². The molecule has 0 aliphatic heterocycles. The van der Waals surface area contributed by atoms with E-state index in [4.69, 9.17) is 4.42 Å². The van der Waals surface area contributed by atoms with Gasteiger partial charge in [0.25, 0.3) is 0 Å². The highest BCUT2D eigenvalue weighted by atomic mass is 32.2. The lowest BCUT2D eigenvalue weighted by Gasteiger charge is -2.13. The normalized spacial score (nSPS) is 14.9. The number of thioether (sulfide) groups is 1. The summed E-state index contributed by atoms with van der Waals surface area (Å²) in [5.74, 6) is 2.23. The lowest BCUT2D eigenvalue weighted by atomic mass is 10.2. The summed E-state index contributed by atoms with van der Waals surface area (Å²) in [5.41, 5.74) is 1.20. The molecule has 140 valence electrons. The largest absolute Gasteiger partial charge is 0.467 e. The quantitative estimate of drug-likeness (QED) is 0.603. The maximum Gasteiger partial charge on any atom is 0.233 e. The van der Waals surface area contributed by atoms with Gasteiger partial charge >= 0.3 is 0 Å². The van der Waals surface area contributed by atoms with Crippen molar-refractivity contribution in [3.8, 4) is 0 Å². The first-order chi connectivity index (χ1) is 13.2. The molecule has 0 radical (unpaired) electrons. The molecule has 1 fully saturated rings. The van der Waals surface area contributed by atoms with E-state index in [0.717, 1.165) is 36.1 Å². The van der Waals surface area contributed by atoms with E-state index in [9.17, 15) is 4.79 Å². The zero-order valence-corrected chi connectivity index (χ0v) is 16.0. The minimum absolute atomic E-state index is 0.0429. The fourth-order valence-corrected chi connectivity index (χ4v) is 3.77. The molecule has 3 aromatic rings. The molecular formula is C20H22N4O2S. The summed E-state index contributed by atoms with van der Waals surface area (Å²) in [6, 6.07) is 13.9. The molecule has 1 saturated carbocycles. The minimum atomic E-state index is -0.272. The predicted molar refractivity (Wildman–Crippen MR) is 103 cm³/mol. The van der Waals surface area contributed by atoms with Gasteiger partial charge in [-0.05, 0) is 37.5 Å². The summed E-state index contributed by atoms with van der Waals surface area (Å²) in [7, 11) is 0. The number of rotatable bonds is 8. The zero-order chi connectivity index (χ0) is 18.6. The van der Waals surface area contributed by atoms with Crippen LogP contribution in [-0.4, -0.2) is 25.9 Å². The summed E-state index contributed by atoms with van der Waals surface area (Å²) in [4.78, 5) is 12.4. The van der Waals surface area contributed by atoms with Crippen LogP contribution in [0.5, 0.6) is 0 Å². The van der Waals surface area contributed by atoms with Crippen LogP contribution in [0.25, 0.3) is 0 Å². The van der Waals surface area contributed by atoms with Gasteiger partial charge in [-0.15, -0.1) is 10.2 Å². The number of benzene rings is 1. The Balaban J connectivity index is 1.45. The number of nitrogens with one attached hydrogen (secondary N) is 1. The highest BCUT2D eigenvalue weighted by Gasteiger charge is 2.31. The van der Waals surface area contributed by atoms with Crippen molar-refractivity contribution in [1.82, 2.24) is 20.1 Å². The van der Waals surface area contributed by atoms with Gasteiger partial charge in [0.05, 0.1) is 24.6 Å². The van der Waals surface area contributed by atoms with E-state index in [1.807, 2.05) is 37.3 Å². The van der Waals surface area contributed by atoms with E-state index in [-0.39, 0.29) is 11.2 Å². The standard InChI is InChI=1S/C20H22N4O2S/c1-14(19(25)21-12-17-8-5-11-26-17)27-20-23-22-18(16-9-10-16)24(20)13-15-6-3-2-4-7-15/h2-8,11,14,16H,9-10,12-13H2,1H3,(H,21,25)/t14-/m1/s1. The maximum atomic E-state index is 12.4. The summed E-state index contributed by atoms with van der Waals surface area (Å²) >= 11 is 1.45. The molecule has 1 aliphatic rings. The van der Waals surface area contributed by atoms with Gasteiger partial charge in [0.15, 0.2) is 5.16 Å². The molecule has 6 nitrogen and oxygen atoms in total. The van der Waals surface area contributed by atoms with Gasteiger partial charge in [-0.25, -0.2) is 0 Å². The van der Waals surface area contributed by atoms with E-state index >= 15 is 0 Å². The average molecular weight is 382 g/mol. The van der Waals surface area contributed by atoms with Crippen LogP contribution in [0.3, 0.4) is 0 Å². The van der Waals surface area contributed by atoms with Crippen molar-refractivity contribution in [2.24, 2.45) is 0 Å². The summed E-state index contributed by atoms with van der Waals surface area (Å²) < 4.78 is 7.42. The smallest absolute Gasteiger partial charge is 0.233 e. The molecule has 0 bridgehead atoms. The highest BCUT2D eigenvalue weighted by Crippen LogP contribution is 2.40. The van der Waals surface area contributed by atoms with Gasteiger partial charge in [-0.2, -0.15) is 0 Å². The van der Waals surface area contributed by atoms with Crippen LogP contribution >= 0.6 is 11.8 Å². The summed E-state index contributed by atoms with van der Waals surface area (Å²) in [6.07, 6.45) is 3.93. The van der Waals surface area contributed by atoms with E-state index in [0.29, 0.717) is 12.5 Å². The number of nitrogens with zero attached hydrogens (tertiary/aromatic N) is 3. The molecule has 0 saturated heterocycles. The second kappa shape index (κ2) is 8.00. The molecule has 7 heteroatoms. The van der Waals surface area contributed by atoms with E-state index in [2.05, 4.69) is 32.2 Å². The van der Waals surface area contributed by atoms with Crippen LogP contribution in [0.1, 0.15) is 42.8 Å². The Morgan fingerprint density at radius 1 is 1.26 bits per heavy atom. The number of furan rings is 1. The van der Waals surface area contributed by atoms with Crippen LogP contribution in [0, 0.1) is 0 Å². The monoisotopic (exact) mass is 382 g/mol. The molecule has 4 rings (SSSR count). The molecule has 0 unspecified atom stereocenters. The van der Waals surface area contributed by atoms with Gasteiger partial charge < -0.3 is 14.3 Å². The molecule has 2 aromatic heterocycles. The van der Waals surface area contributed by atoms with Gasteiger partial charge in [0.2, 0.25) is 5.91 Å². The number of amides is 1. The third-order valence-electron chi connectivity index (χ3n) is 4.54. The number of aromatic nitrogens is 3. The van der Waals surface area contributed by atoms with Gasteiger partial charge in [-0.3, -0.25) is 4.79 Å². The molecule has 1 aliphatic carbocycles. The zero-order valence-electron chi connectivity index (χ0n) is 15.2. The van der Waals surface area contributed by atoms with E-state index in [1.165, 1.54) is 17.3 Å². The van der Waals surface area contributed by atoms with Crippen molar-refractivity contribution >= 4 is 17.7 Å². The van der Waals surface area contributed by atoms with Crippen LogP contribution in [0.2, 0.25) is 0 Å². The SMILES string of the molecule is C[C@@H](Sc1nnc(C2CC2)n1Cc1ccccc1)C(=O)NCc1ccco1. The molecule has 0 spiro atoms. The first kappa shape index (κ1) is 17.9. The Morgan fingerprint density at radius 2 is 2.07 bits per heavy atom. The van der Waals surface area contributed by atoms with Crippen LogP contribution in [-0.2, 0) is 17.9 Å². The van der Waals surface area contributed by atoms with Crippen molar-refractivity contribution < 1.29 is 9.21 Å². The third kappa shape index (κ3) is 4.42. The Morgan fingerprint density at radius 3 is 2.78 bits per heavy atom. The molecule has 2 heterocycles. The first-order valence-corrected chi connectivity index (χ1v) is 10.0. The highest BCUT2D eigenvalue weighted by molar-refractivity contribution is 8.00. The molecule has 1 N–H and O–H groups in total. The predicted octanol–water partition coefficient (Wildman–Crippen LogP) is 3.59. The molecule has 1 atom stereocenters. The molecule has 1 amide bonds. The third-order valence-corrected chi connectivity index (χ3v) is 5.62. The lowest BCUT2D eigenvalue weighted by Crippen LogP contribution is -2.30. The fourth-order valence-electron chi connectivity index (χ4n) is 2.89. The lowest BCUT2D eigenvalue weighted by molar-refractivity contribution is -0.120. The molecule has 27 heavy (non-hydrogen) atoms. The second-order valence-electron chi connectivity index (χ2n) is 6.74. The first-order valence-electron chi connectivity index (χ1n) is 9.14. The van der Waals surface area contributed by atoms with Gasteiger partial charge in [0.1, 0.15) is 11.6 Å². The number of hydrogen-bond acceptors (Lipinski definition) is 5. The number of hydrogen-bond donors (Lipinski definition) is 1. The van der Waals surface area contributed by atoms with Crippen LogP contribution in [0.15, 0.2) is 58.3 Å². The minimum Gasteiger partial charge on any atom is -0.467 e. The second-order valence-corrected chi connectivity index (χ2v) is 8.05. The molecular weight excluding hydrogens is 360 g/mol. The molecule has 1 aromatic carbocycles. The maximum absolute atomic E-state index is 12.4. The van der Waals surface area contributed by atoms with Crippen molar-refractivity contribution in [1.29, 1.82) is 0 Å². The van der Waals surface area contributed by atoms with Gasteiger partial charge in [-0.1, -0.05) is 42.1 Å². The van der Waals surface area contributed by atoms with Crippen LogP contribution in [0.4, 0.5) is 0 Å². The Hall–Kier alpha value is -2.54. The summed E-state index contributed by atoms with van der Waals surface area (Å²) in [5, 5.41) is 12.2. The number of carbonyl (C=O) groups excluding carboxylic acids is 1. The Kier molecular flexibility index (Phi) is 5.29. The van der Waals surface area contributed by atoms with E-state index in [1.54, 1.807) is 6.26 Å². The van der Waals surface area contributed by atoms with Crippen molar-refractivity contribution in [2.75, 3.05) is 0 Å². The van der Waals surface area contributed by atoms with Crippen molar-refractivity contribution in [2.45, 2.75) is 49.2 Å². The Bertz CT molecular complexity index is 888. The van der Waals surface area contributed by atoms with Gasteiger partial charge in [0, 0.05) is 5.92 Å². The topological polar surface area (TPSA) is 73.0 Å². The van der Waals surface area contributed by atoms with Crippen molar-refractivity contribution in [3.05, 3.63) is 65.9 Å². The average Bonchev–Trinajstić information content (AvgIpc) is 3.25. The number of carbonyl (C=O) groups is 1.